The van der Waals surface area contributed by atoms with Crippen LogP contribution >= 0.6 is 0 Å². The maximum Gasteiger partial charge on any atom is 0.244 e. The van der Waals surface area contributed by atoms with Crippen molar-refractivity contribution in [2.75, 3.05) is 0 Å². The van der Waals surface area contributed by atoms with E-state index in [1.165, 1.54) is 6.08 Å². The van der Waals surface area contributed by atoms with Gasteiger partial charge >= 0.3 is 0 Å². The highest BCUT2D eigenvalue weighted by atomic mass is 16.1. The SMILES string of the molecule is CCn1nccc1C=CC(=O)NCc1cccc(-c2n[nH]c(C)n2)c1. The van der Waals surface area contributed by atoms with E-state index < -0.39 is 0 Å². The van der Waals surface area contributed by atoms with E-state index in [0.717, 1.165) is 29.2 Å². The summed E-state index contributed by atoms with van der Waals surface area (Å²) in [6.07, 6.45) is 5.00. The predicted octanol–water partition coefficient (Wildman–Crippen LogP) is 2.33. The number of hydrogen-bond acceptors (Lipinski definition) is 4. The third-order valence-corrected chi connectivity index (χ3v) is 3.70. The Morgan fingerprint density at radius 2 is 2.24 bits per heavy atom. The van der Waals surface area contributed by atoms with Gasteiger partial charge in [0.05, 0.1) is 5.69 Å². The zero-order valence-corrected chi connectivity index (χ0v) is 14.2. The number of amides is 1. The second-order valence-electron chi connectivity index (χ2n) is 5.57. The third kappa shape index (κ3) is 4.20. The first kappa shape index (κ1) is 16.6. The third-order valence-electron chi connectivity index (χ3n) is 3.70. The molecule has 0 radical (unpaired) electrons. The van der Waals surface area contributed by atoms with Crippen LogP contribution in [0.3, 0.4) is 0 Å². The first-order chi connectivity index (χ1) is 12.2. The van der Waals surface area contributed by atoms with Gasteiger partial charge in [0.25, 0.3) is 0 Å². The maximum absolute atomic E-state index is 12.0. The molecule has 0 aliphatic rings. The fourth-order valence-corrected chi connectivity index (χ4v) is 2.45. The van der Waals surface area contributed by atoms with E-state index >= 15 is 0 Å². The molecule has 1 aromatic carbocycles. The van der Waals surface area contributed by atoms with E-state index in [-0.39, 0.29) is 5.91 Å². The number of H-pyrrole nitrogens is 1. The lowest BCUT2D eigenvalue weighted by molar-refractivity contribution is -0.116. The summed E-state index contributed by atoms with van der Waals surface area (Å²) in [4.78, 5) is 16.3. The van der Waals surface area contributed by atoms with Crippen molar-refractivity contribution in [3.05, 3.63) is 59.7 Å². The van der Waals surface area contributed by atoms with Gasteiger partial charge in [-0.3, -0.25) is 14.6 Å². The molecular weight excluding hydrogens is 316 g/mol. The number of hydrogen-bond donors (Lipinski definition) is 2. The van der Waals surface area contributed by atoms with Gasteiger partial charge in [-0.25, -0.2) is 4.98 Å². The summed E-state index contributed by atoms with van der Waals surface area (Å²) in [5.41, 5.74) is 2.80. The van der Waals surface area contributed by atoms with Crippen molar-refractivity contribution >= 4 is 12.0 Å². The molecule has 0 spiro atoms. The Morgan fingerprint density at radius 3 is 3.00 bits per heavy atom. The van der Waals surface area contributed by atoms with E-state index in [4.69, 9.17) is 0 Å². The second kappa shape index (κ2) is 7.57. The average Bonchev–Trinajstić information content (AvgIpc) is 3.27. The van der Waals surface area contributed by atoms with Gasteiger partial charge in [-0.1, -0.05) is 18.2 Å². The summed E-state index contributed by atoms with van der Waals surface area (Å²) in [6.45, 7) is 5.07. The molecule has 0 saturated heterocycles. The highest BCUT2D eigenvalue weighted by Crippen LogP contribution is 2.16. The normalized spacial score (nSPS) is 11.1. The van der Waals surface area contributed by atoms with E-state index in [9.17, 15) is 4.79 Å². The molecule has 25 heavy (non-hydrogen) atoms. The molecular formula is C18H20N6O. The molecule has 7 heteroatoms. The van der Waals surface area contributed by atoms with Crippen LogP contribution in [-0.2, 0) is 17.9 Å². The summed E-state index contributed by atoms with van der Waals surface area (Å²) in [7, 11) is 0. The molecule has 2 N–H and O–H groups in total. The lowest BCUT2D eigenvalue weighted by Crippen LogP contribution is -2.20. The summed E-state index contributed by atoms with van der Waals surface area (Å²) < 4.78 is 1.83. The Bertz CT molecular complexity index is 892. The lowest BCUT2D eigenvalue weighted by Gasteiger charge is -2.04. The molecule has 2 heterocycles. The molecule has 128 valence electrons. The van der Waals surface area contributed by atoms with Crippen LogP contribution in [0.15, 0.2) is 42.6 Å². The minimum Gasteiger partial charge on any atom is -0.348 e. The maximum atomic E-state index is 12.0. The van der Waals surface area contributed by atoms with E-state index in [2.05, 4.69) is 25.6 Å². The largest absolute Gasteiger partial charge is 0.348 e. The molecule has 1 amide bonds. The lowest BCUT2D eigenvalue weighted by atomic mass is 10.1. The van der Waals surface area contributed by atoms with Crippen LogP contribution in [0.1, 0.15) is 24.0 Å². The number of aromatic nitrogens is 5. The number of aromatic amines is 1. The zero-order valence-electron chi connectivity index (χ0n) is 14.2. The minimum atomic E-state index is -0.150. The number of carbonyl (C=O) groups is 1. The van der Waals surface area contributed by atoms with Crippen molar-refractivity contribution in [2.45, 2.75) is 26.9 Å². The molecule has 0 saturated carbocycles. The van der Waals surface area contributed by atoms with Gasteiger partial charge < -0.3 is 5.32 Å². The molecule has 0 atom stereocenters. The summed E-state index contributed by atoms with van der Waals surface area (Å²) in [5.74, 6) is 1.27. The zero-order chi connectivity index (χ0) is 17.6. The van der Waals surface area contributed by atoms with Gasteiger partial charge in [0.1, 0.15) is 5.82 Å². The van der Waals surface area contributed by atoms with Crippen LogP contribution in [0.5, 0.6) is 0 Å². The van der Waals surface area contributed by atoms with Gasteiger partial charge in [-0.05, 0) is 37.6 Å². The fourth-order valence-electron chi connectivity index (χ4n) is 2.45. The molecule has 0 unspecified atom stereocenters. The Hall–Kier alpha value is -3.22. The van der Waals surface area contributed by atoms with Crippen molar-refractivity contribution in [2.24, 2.45) is 0 Å². The standard InChI is InChI=1S/C18H20N6O/c1-3-24-16(9-10-20-24)7-8-17(25)19-12-14-5-4-6-15(11-14)18-21-13(2)22-23-18/h4-11H,3,12H2,1-2H3,(H,19,25)(H,21,22,23). The van der Waals surface area contributed by atoms with E-state index in [0.29, 0.717) is 12.4 Å². The van der Waals surface area contributed by atoms with Crippen LogP contribution in [0.25, 0.3) is 17.5 Å². The molecule has 3 aromatic rings. The number of nitrogens with zero attached hydrogens (tertiary/aromatic N) is 4. The van der Waals surface area contributed by atoms with Crippen LogP contribution in [0.2, 0.25) is 0 Å². The molecule has 7 nitrogen and oxygen atoms in total. The van der Waals surface area contributed by atoms with Crippen LogP contribution in [0, 0.1) is 6.92 Å². The van der Waals surface area contributed by atoms with Gasteiger partial charge in [-0.15, -0.1) is 0 Å². The fraction of sp³-hybridized carbons (Fsp3) is 0.222. The van der Waals surface area contributed by atoms with Gasteiger partial charge in [0.2, 0.25) is 5.91 Å². The van der Waals surface area contributed by atoms with Crippen molar-refractivity contribution in [3.8, 4) is 11.4 Å². The van der Waals surface area contributed by atoms with Crippen LogP contribution in [-0.4, -0.2) is 30.9 Å². The number of rotatable bonds is 6. The van der Waals surface area contributed by atoms with Crippen molar-refractivity contribution < 1.29 is 4.79 Å². The number of aryl methyl sites for hydroxylation is 2. The van der Waals surface area contributed by atoms with Gasteiger partial charge in [0, 0.05) is 30.9 Å². The molecule has 0 aliphatic carbocycles. The molecule has 3 rings (SSSR count). The molecule has 0 aliphatic heterocycles. The molecule has 2 aromatic heterocycles. The Labute approximate surface area is 145 Å². The minimum absolute atomic E-state index is 0.150. The van der Waals surface area contributed by atoms with Crippen molar-refractivity contribution in [1.29, 1.82) is 0 Å². The first-order valence-electron chi connectivity index (χ1n) is 8.11. The summed E-state index contributed by atoms with van der Waals surface area (Å²) >= 11 is 0. The highest BCUT2D eigenvalue weighted by molar-refractivity contribution is 5.91. The van der Waals surface area contributed by atoms with E-state index in [1.54, 1.807) is 12.3 Å². The van der Waals surface area contributed by atoms with Crippen molar-refractivity contribution in [3.63, 3.8) is 0 Å². The average molecular weight is 336 g/mol. The Morgan fingerprint density at radius 1 is 1.36 bits per heavy atom. The quantitative estimate of drug-likeness (QED) is 0.676. The second-order valence-corrected chi connectivity index (χ2v) is 5.57. The first-order valence-corrected chi connectivity index (χ1v) is 8.11. The topological polar surface area (TPSA) is 88.5 Å². The predicted molar refractivity (Wildman–Crippen MR) is 95.3 cm³/mol. The highest BCUT2D eigenvalue weighted by Gasteiger charge is 2.05. The Kier molecular flexibility index (Phi) is 5.03. The molecule has 0 bridgehead atoms. The Balaban J connectivity index is 1.61. The van der Waals surface area contributed by atoms with Gasteiger partial charge in [0.15, 0.2) is 5.82 Å². The smallest absolute Gasteiger partial charge is 0.244 e. The summed E-state index contributed by atoms with van der Waals surface area (Å²) in [6, 6.07) is 9.67. The van der Waals surface area contributed by atoms with Crippen molar-refractivity contribution in [1.82, 2.24) is 30.3 Å². The number of benzene rings is 1. The van der Waals surface area contributed by atoms with E-state index in [1.807, 2.05) is 48.9 Å². The summed E-state index contributed by atoms with van der Waals surface area (Å²) in [5, 5.41) is 14.0. The van der Waals surface area contributed by atoms with Crippen LogP contribution in [0.4, 0.5) is 0 Å². The molecule has 0 fully saturated rings. The van der Waals surface area contributed by atoms with Gasteiger partial charge in [-0.2, -0.15) is 10.2 Å². The number of nitrogens with one attached hydrogen (secondary N) is 2. The monoisotopic (exact) mass is 336 g/mol. The van der Waals surface area contributed by atoms with Crippen LogP contribution < -0.4 is 5.32 Å². The number of carbonyl (C=O) groups excluding carboxylic acids is 1.